The summed E-state index contributed by atoms with van der Waals surface area (Å²) in [5.41, 5.74) is 1.66. The number of nitrogens with zero attached hydrogens (tertiary/aromatic N) is 1. The number of fused-ring (bicyclic) bond motifs is 2. The smallest absolute Gasteiger partial charge is 0.250 e. The lowest BCUT2D eigenvalue weighted by Crippen LogP contribution is -2.07. The van der Waals surface area contributed by atoms with Crippen molar-refractivity contribution in [1.82, 2.24) is 4.98 Å². The summed E-state index contributed by atoms with van der Waals surface area (Å²) in [5.74, 6) is 1.14. The number of nitrogens with one attached hydrogen (secondary N) is 1. The Bertz CT molecular complexity index is 968. The Kier molecular flexibility index (Phi) is 3.84. The van der Waals surface area contributed by atoms with Gasteiger partial charge < -0.3 is 9.47 Å². The summed E-state index contributed by atoms with van der Waals surface area (Å²) >= 11 is 7.33. The topological polar surface area (TPSA) is 60.5 Å². The number of rotatable bonds is 3. The van der Waals surface area contributed by atoms with Crippen molar-refractivity contribution in [2.45, 2.75) is 0 Å². The van der Waals surface area contributed by atoms with Gasteiger partial charge in [0.2, 0.25) is 12.7 Å². The van der Waals surface area contributed by atoms with E-state index in [-0.39, 0.29) is 12.7 Å². The van der Waals surface area contributed by atoms with Gasteiger partial charge in [-0.3, -0.25) is 10.1 Å². The van der Waals surface area contributed by atoms with E-state index in [4.69, 9.17) is 21.1 Å². The van der Waals surface area contributed by atoms with Crippen molar-refractivity contribution in [2.75, 3.05) is 12.1 Å². The molecule has 3 aromatic rings. The standard InChI is InChI=1S/C17H11ClN2O3S/c18-11-3-4-12-15(8-11)24-17(19-12)20-16(21)6-2-10-1-5-13-14(7-10)23-9-22-13/h1-8H,9H2,(H,19,20,21). The molecule has 1 amide bonds. The van der Waals surface area contributed by atoms with E-state index in [1.807, 2.05) is 30.3 Å². The predicted molar refractivity (Wildman–Crippen MR) is 94.9 cm³/mol. The fourth-order valence-corrected chi connectivity index (χ4v) is 3.43. The van der Waals surface area contributed by atoms with Crippen LogP contribution in [0.2, 0.25) is 5.02 Å². The van der Waals surface area contributed by atoms with Crippen LogP contribution >= 0.6 is 22.9 Å². The molecule has 5 nitrogen and oxygen atoms in total. The largest absolute Gasteiger partial charge is 0.454 e. The Hall–Kier alpha value is -2.57. The molecule has 0 atom stereocenters. The van der Waals surface area contributed by atoms with Crippen LogP contribution in [-0.2, 0) is 4.79 Å². The Morgan fingerprint density at radius 2 is 2.08 bits per heavy atom. The first-order valence-electron chi connectivity index (χ1n) is 7.12. The van der Waals surface area contributed by atoms with Crippen molar-refractivity contribution in [3.63, 3.8) is 0 Å². The van der Waals surface area contributed by atoms with Crippen LogP contribution in [0, 0.1) is 0 Å². The quantitative estimate of drug-likeness (QED) is 0.708. The van der Waals surface area contributed by atoms with Gasteiger partial charge in [0, 0.05) is 11.1 Å². The van der Waals surface area contributed by atoms with Gasteiger partial charge in [-0.15, -0.1) is 0 Å². The number of carbonyl (C=O) groups excluding carboxylic acids is 1. The fourth-order valence-electron chi connectivity index (χ4n) is 2.29. The van der Waals surface area contributed by atoms with Crippen LogP contribution in [0.3, 0.4) is 0 Å². The molecule has 1 N–H and O–H groups in total. The number of ether oxygens (including phenoxy) is 2. The first-order valence-corrected chi connectivity index (χ1v) is 8.32. The summed E-state index contributed by atoms with van der Waals surface area (Å²) in [7, 11) is 0. The zero-order valence-corrected chi connectivity index (χ0v) is 13.9. The van der Waals surface area contributed by atoms with Crippen molar-refractivity contribution < 1.29 is 14.3 Å². The number of amides is 1. The Morgan fingerprint density at radius 3 is 3.00 bits per heavy atom. The minimum atomic E-state index is -0.252. The van der Waals surface area contributed by atoms with Crippen LogP contribution in [0.25, 0.3) is 16.3 Å². The van der Waals surface area contributed by atoms with E-state index in [1.54, 1.807) is 12.1 Å². The van der Waals surface area contributed by atoms with E-state index in [0.29, 0.717) is 21.7 Å². The number of carbonyl (C=O) groups is 1. The first-order chi connectivity index (χ1) is 11.7. The van der Waals surface area contributed by atoms with Crippen LogP contribution in [0.15, 0.2) is 42.5 Å². The van der Waals surface area contributed by atoms with Gasteiger partial charge in [0.05, 0.1) is 10.2 Å². The van der Waals surface area contributed by atoms with Crippen LogP contribution in [0.5, 0.6) is 11.5 Å². The van der Waals surface area contributed by atoms with Gasteiger partial charge in [0.25, 0.3) is 0 Å². The third kappa shape index (κ3) is 3.06. The molecule has 0 unspecified atom stereocenters. The van der Waals surface area contributed by atoms with Gasteiger partial charge in [0.15, 0.2) is 16.6 Å². The third-order valence-corrected chi connectivity index (χ3v) is 4.57. The normalized spacial score (nSPS) is 12.9. The molecule has 1 aromatic heterocycles. The molecule has 24 heavy (non-hydrogen) atoms. The monoisotopic (exact) mass is 358 g/mol. The molecular formula is C17H11ClN2O3S. The molecule has 4 rings (SSSR count). The number of thiazole rings is 1. The summed E-state index contributed by atoms with van der Waals surface area (Å²) in [6.07, 6.45) is 3.16. The van der Waals surface area contributed by atoms with Gasteiger partial charge in [-0.25, -0.2) is 4.98 Å². The molecular weight excluding hydrogens is 348 g/mol. The van der Waals surface area contributed by atoms with Crippen LogP contribution in [0.4, 0.5) is 5.13 Å². The lowest BCUT2D eigenvalue weighted by Gasteiger charge is -1.98. The highest BCUT2D eigenvalue weighted by Crippen LogP contribution is 2.33. The lowest BCUT2D eigenvalue weighted by atomic mass is 10.2. The molecule has 0 aliphatic carbocycles. The van der Waals surface area contributed by atoms with E-state index < -0.39 is 0 Å². The molecule has 0 bridgehead atoms. The minimum absolute atomic E-state index is 0.227. The van der Waals surface area contributed by atoms with E-state index >= 15 is 0 Å². The maximum absolute atomic E-state index is 12.1. The highest BCUT2D eigenvalue weighted by atomic mass is 35.5. The number of halogens is 1. The zero-order valence-electron chi connectivity index (χ0n) is 12.3. The fraction of sp³-hybridized carbons (Fsp3) is 0.0588. The van der Waals surface area contributed by atoms with Crippen molar-refractivity contribution in [3.8, 4) is 11.5 Å². The summed E-state index contributed by atoms with van der Waals surface area (Å²) in [6, 6.07) is 10.9. The first kappa shape index (κ1) is 15.0. The van der Waals surface area contributed by atoms with Crippen molar-refractivity contribution in [2.24, 2.45) is 0 Å². The second-order valence-corrected chi connectivity index (χ2v) is 6.53. The number of aromatic nitrogens is 1. The van der Waals surface area contributed by atoms with Gasteiger partial charge in [-0.05, 0) is 42.0 Å². The van der Waals surface area contributed by atoms with Crippen molar-refractivity contribution >= 4 is 50.3 Å². The maximum atomic E-state index is 12.1. The minimum Gasteiger partial charge on any atom is -0.454 e. The van der Waals surface area contributed by atoms with Crippen LogP contribution in [-0.4, -0.2) is 17.7 Å². The molecule has 0 spiro atoms. The van der Waals surface area contributed by atoms with E-state index in [2.05, 4.69) is 10.3 Å². The van der Waals surface area contributed by atoms with E-state index in [9.17, 15) is 4.79 Å². The molecule has 0 saturated heterocycles. The van der Waals surface area contributed by atoms with Gasteiger partial charge in [0.1, 0.15) is 0 Å². The number of hydrogen-bond donors (Lipinski definition) is 1. The molecule has 2 heterocycles. The average molecular weight is 359 g/mol. The highest BCUT2D eigenvalue weighted by Gasteiger charge is 2.12. The highest BCUT2D eigenvalue weighted by molar-refractivity contribution is 7.22. The predicted octanol–water partition coefficient (Wildman–Crippen LogP) is 4.33. The van der Waals surface area contributed by atoms with Crippen molar-refractivity contribution in [3.05, 3.63) is 53.1 Å². The van der Waals surface area contributed by atoms with Crippen LogP contribution < -0.4 is 14.8 Å². The summed E-state index contributed by atoms with van der Waals surface area (Å²) in [5, 5.41) is 3.94. The molecule has 120 valence electrons. The molecule has 2 aromatic carbocycles. The number of anilines is 1. The van der Waals surface area contributed by atoms with Gasteiger partial charge in [-0.1, -0.05) is 29.0 Å². The number of benzene rings is 2. The molecule has 7 heteroatoms. The van der Waals surface area contributed by atoms with Crippen molar-refractivity contribution in [1.29, 1.82) is 0 Å². The number of hydrogen-bond acceptors (Lipinski definition) is 5. The Labute approximate surface area is 146 Å². The third-order valence-electron chi connectivity index (χ3n) is 3.40. The van der Waals surface area contributed by atoms with Crippen LogP contribution in [0.1, 0.15) is 5.56 Å². The molecule has 1 aliphatic heterocycles. The lowest BCUT2D eigenvalue weighted by molar-refractivity contribution is -0.111. The van der Waals surface area contributed by atoms with Gasteiger partial charge >= 0.3 is 0 Å². The van der Waals surface area contributed by atoms with Gasteiger partial charge in [-0.2, -0.15) is 0 Å². The molecule has 0 saturated carbocycles. The van der Waals surface area contributed by atoms with E-state index in [0.717, 1.165) is 15.8 Å². The summed E-state index contributed by atoms with van der Waals surface area (Å²) in [6.45, 7) is 0.227. The second-order valence-electron chi connectivity index (χ2n) is 5.07. The molecule has 0 radical (unpaired) electrons. The zero-order chi connectivity index (χ0) is 16.5. The second kappa shape index (κ2) is 6.14. The molecule has 0 fully saturated rings. The Balaban J connectivity index is 1.47. The van der Waals surface area contributed by atoms with E-state index in [1.165, 1.54) is 17.4 Å². The SMILES string of the molecule is O=C(C=Cc1ccc2c(c1)OCO2)Nc1nc2ccc(Cl)cc2s1. The Morgan fingerprint density at radius 1 is 1.21 bits per heavy atom. The maximum Gasteiger partial charge on any atom is 0.250 e. The average Bonchev–Trinajstić information content (AvgIpc) is 3.17. The summed E-state index contributed by atoms with van der Waals surface area (Å²) < 4.78 is 11.5. The molecule has 1 aliphatic rings. The summed E-state index contributed by atoms with van der Waals surface area (Å²) in [4.78, 5) is 16.4.